The van der Waals surface area contributed by atoms with Crippen molar-refractivity contribution in [2.45, 2.75) is 13.8 Å². The minimum absolute atomic E-state index is 0.00948. The number of esters is 1. The van der Waals surface area contributed by atoms with Gasteiger partial charge in [-0.05, 0) is 25.5 Å². The van der Waals surface area contributed by atoms with Crippen LogP contribution in [0.15, 0.2) is 12.1 Å². The number of carbonyl (C=O) groups is 1. The molecule has 0 fully saturated rings. The minimum atomic E-state index is -0.673. The highest BCUT2D eigenvalue weighted by Crippen LogP contribution is 2.21. The van der Waals surface area contributed by atoms with E-state index in [2.05, 4.69) is 16.6 Å². The van der Waals surface area contributed by atoms with Gasteiger partial charge in [0.1, 0.15) is 0 Å². The lowest BCUT2D eigenvalue weighted by Crippen LogP contribution is -1.97. The number of benzene rings is 1. The average Bonchev–Trinajstić information content (AvgIpc) is 2.26. The van der Waals surface area contributed by atoms with Crippen molar-refractivity contribution in [1.29, 1.82) is 0 Å². The van der Waals surface area contributed by atoms with Crippen LogP contribution in [0.2, 0.25) is 0 Å². The van der Waals surface area contributed by atoms with Crippen LogP contribution >= 0.6 is 0 Å². The maximum Gasteiger partial charge on any atom is 0.384 e. The Hall–Kier alpha value is -2.35. The number of nitro groups is 1. The molecular weight excluding hydrogens is 222 g/mol. The largest absolute Gasteiger partial charge is 0.459 e. The van der Waals surface area contributed by atoms with Gasteiger partial charge in [-0.25, -0.2) is 4.79 Å². The zero-order valence-corrected chi connectivity index (χ0v) is 9.73. The maximum atomic E-state index is 10.9. The Bertz CT molecular complexity index is 537. The predicted molar refractivity (Wildman–Crippen MR) is 61.5 cm³/mol. The number of nitro benzene ring substituents is 1. The van der Waals surface area contributed by atoms with Gasteiger partial charge < -0.3 is 4.74 Å². The van der Waals surface area contributed by atoms with Crippen LogP contribution < -0.4 is 0 Å². The van der Waals surface area contributed by atoms with Gasteiger partial charge in [-0.1, -0.05) is 5.92 Å². The van der Waals surface area contributed by atoms with E-state index in [0.717, 1.165) is 5.56 Å². The number of nitrogens with zero attached hydrogens (tertiary/aromatic N) is 1. The number of ether oxygens (including phenoxy) is 1. The number of methoxy groups -OCH3 is 1. The summed E-state index contributed by atoms with van der Waals surface area (Å²) in [5.41, 5.74) is 1.79. The van der Waals surface area contributed by atoms with Gasteiger partial charge in [0.05, 0.1) is 12.0 Å². The maximum absolute atomic E-state index is 10.9. The standard InChI is InChI=1S/C12H11NO4/c1-8-6-9(2)11(13(15)16)7-10(8)4-5-12(14)17-3/h6-7H,1-3H3. The molecule has 0 aliphatic rings. The lowest BCUT2D eigenvalue weighted by atomic mass is 10.0. The summed E-state index contributed by atoms with van der Waals surface area (Å²) in [4.78, 5) is 21.1. The monoisotopic (exact) mass is 233 g/mol. The normalized spacial score (nSPS) is 9.12. The second-order valence-corrected chi connectivity index (χ2v) is 3.45. The summed E-state index contributed by atoms with van der Waals surface area (Å²) in [6.07, 6.45) is 0. The van der Waals surface area contributed by atoms with Crippen molar-refractivity contribution >= 4 is 11.7 Å². The summed E-state index contributed by atoms with van der Waals surface area (Å²) in [7, 11) is 1.22. The third kappa shape index (κ3) is 3.05. The Labute approximate surface area is 98.5 Å². The lowest BCUT2D eigenvalue weighted by Gasteiger charge is -2.01. The molecule has 0 heterocycles. The Morgan fingerprint density at radius 3 is 2.53 bits per heavy atom. The van der Waals surface area contributed by atoms with Crippen LogP contribution in [0.1, 0.15) is 16.7 Å². The van der Waals surface area contributed by atoms with Crippen molar-refractivity contribution in [2.75, 3.05) is 7.11 Å². The molecule has 1 rings (SSSR count). The topological polar surface area (TPSA) is 69.4 Å². The lowest BCUT2D eigenvalue weighted by molar-refractivity contribution is -0.385. The fraction of sp³-hybridized carbons (Fsp3) is 0.250. The fourth-order valence-electron chi connectivity index (χ4n) is 1.34. The summed E-state index contributed by atoms with van der Waals surface area (Å²) in [6, 6.07) is 3.03. The molecule has 0 unspecified atom stereocenters. The van der Waals surface area contributed by atoms with E-state index in [9.17, 15) is 14.9 Å². The van der Waals surface area contributed by atoms with Gasteiger partial charge in [-0.2, -0.15) is 0 Å². The summed E-state index contributed by atoms with van der Waals surface area (Å²) in [5, 5.41) is 10.7. The van der Waals surface area contributed by atoms with Crippen LogP contribution in [0.3, 0.4) is 0 Å². The molecule has 88 valence electrons. The van der Waals surface area contributed by atoms with Gasteiger partial charge in [0, 0.05) is 23.1 Å². The molecule has 0 amide bonds. The van der Waals surface area contributed by atoms with Crippen LogP contribution in [-0.2, 0) is 9.53 Å². The first kappa shape index (κ1) is 12.7. The van der Waals surface area contributed by atoms with E-state index in [0.29, 0.717) is 11.1 Å². The van der Waals surface area contributed by atoms with Gasteiger partial charge >= 0.3 is 5.97 Å². The summed E-state index contributed by atoms with van der Waals surface area (Å²) < 4.78 is 4.37. The summed E-state index contributed by atoms with van der Waals surface area (Å²) in [5.74, 6) is 4.12. The summed E-state index contributed by atoms with van der Waals surface area (Å²) >= 11 is 0. The molecule has 1 aromatic rings. The zero-order chi connectivity index (χ0) is 13.0. The van der Waals surface area contributed by atoms with Gasteiger partial charge in [0.15, 0.2) is 0 Å². The van der Waals surface area contributed by atoms with E-state index in [1.807, 2.05) is 0 Å². The predicted octanol–water partition coefficient (Wildman–Crippen LogP) is 1.74. The van der Waals surface area contributed by atoms with Crippen molar-refractivity contribution in [2.24, 2.45) is 0 Å². The number of carbonyl (C=O) groups excluding carboxylic acids is 1. The molecule has 5 nitrogen and oxygen atoms in total. The van der Waals surface area contributed by atoms with Gasteiger partial charge in [0.2, 0.25) is 0 Å². The zero-order valence-electron chi connectivity index (χ0n) is 9.73. The van der Waals surface area contributed by atoms with E-state index in [1.54, 1.807) is 19.9 Å². The second-order valence-electron chi connectivity index (χ2n) is 3.45. The quantitative estimate of drug-likeness (QED) is 0.320. The minimum Gasteiger partial charge on any atom is -0.459 e. The molecule has 0 saturated carbocycles. The molecule has 1 aromatic carbocycles. The summed E-state index contributed by atoms with van der Waals surface area (Å²) in [6.45, 7) is 3.43. The first-order chi connectivity index (χ1) is 7.95. The van der Waals surface area contributed by atoms with Gasteiger partial charge in [-0.15, -0.1) is 0 Å². The number of aryl methyl sites for hydroxylation is 2. The van der Waals surface area contributed by atoms with E-state index < -0.39 is 10.9 Å². The van der Waals surface area contributed by atoms with Gasteiger partial charge in [0.25, 0.3) is 5.69 Å². The third-order valence-electron chi connectivity index (χ3n) is 2.22. The van der Waals surface area contributed by atoms with E-state index in [1.165, 1.54) is 13.2 Å². The SMILES string of the molecule is COC(=O)C#Cc1cc([N+](=O)[O-])c(C)cc1C. The van der Waals surface area contributed by atoms with Crippen molar-refractivity contribution in [3.8, 4) is 11.8 Å². The molecule has 0 atom stereocenters. The molecule has 5 heteroatoms. The number of hydrogen-bond acceptors (Lipinski definition) is 4. The molecule has 0 radical (unpaired) electrons. The van der Waals surface area contributed by atoms with Crippen molar-refractivity contribution in [3.05, 3.63) is 38.9 Å². The molecule has 0 bridgehead atoms. The highest BCUT2D eigenvalue weighted by Gasteiger charge is 2.12. The molecule has 0 aromatic heterocycles. The second kappa shape index (κ2) is 5.12. The average molecular weight is 233 g/mol. The third-order valence-corrected chi connectivity index (χ3v) is 2.22. The van der Waals surface area contributed by atoms with Crippen molar-refractivity contribution in [1.82, 2.24) is 0 Å². The first-order valence-electron chi connectivity index (χ1n) is 4.81. The number of rotatable bonds is 1. The van der Waals surface area contributed by atoms with Crippen molar-refractivity contribution in [3.63, 3.8) is 0 Å². The molecule has 0 aliphatic heterocycles. The van der Waals surface area contributed by atoms with Crippen LogP contribution in [0.25, 0.3) is 0 Å². The smallest absolute Gasteiger partial charge is 0.384 e. The van der Waals surface area contributed by atoms with E-state index in [-0.39, 0.29) is 5.69 Å². The highest BCUT2D eigenvalue weighted by molar-refractivity contribution is 5.89. The highest BCUT2D eigenvalue weighted by atomic mass is 16.6. The van der Waals surface area contributed by atoms with Crippen molar-refractivity contribution < 1.29 is 14.5 Å². The molecule has 0 spiro atoms. The van der Waals surface area contributed by atoms with Crippen LogP contribution in [-0.4, -0.2) is 18.0 Å². The van der Waals surface area contributed by atoms with E-state index >= 15 is 0 Å². The molecule has 0 aliphatic carbocycles. The Balaban J connectivity index is 3.24. The van der Waals surface area contributed by atoms with Crippen LogP contribution in [0.4, 0.5) is 5.69 Å². The molecule has 0 N–H and O–H groups in total. The Morgan fingerprint density at radius 1 is 1.35 bits per heavy atom. The number of hydrogen-bond donors (Lipinski definition) is 0. The first-order valence-corrected chi connectivity index (χ1v) is 4.81. The Kier molecular flexibility index (Phi) is 3.83. The Morgan fingerprint density at radius 2 is 2.00 bits per heavy atom. The fourth-order valence-corrected chi connectivity index (χ4v) is 1.34. The molecule has 0 saturated heterocycles. The van der Waals surface area contributed by atoms with Crippen LogP contribution in [0, 0.1) is 35.8 Å². The van der Waals surface area contributed by atoms with Gasteiger partial charge in [-0.3, -0.25) is 10.1 Å². The molecule has 17 heavy (non-hydrogen) atoms. The molecular formula is C12H11NO4. The van der Waals surface area contributed by atoms with E-state index in [4.69, 9.17) is 0 Å². The van der Waals surface area contributed by atoms with Crippen LogP contribution in [0.5, 0.6) is 0 Å².